The van der Waals surface area contributed by atoms with Crippen LogP contribution in [0.15, 0.2) is 29.2 Å². The summed E-state index contributed by atoms with van der Waals surface area (Å²) in [5.41, 5.74) is 0. The molecule has 0 aliphatic heterocycles. The van der Waals surface area contributed by atoms with E-state index in [1.54, 1.807) is 0 Å². The smallest absolute Gasteiger partial charge is 0.241 e. The Labute approximate surface area is 136 Å². The van der Waals surface area contributed by atoms with Crippen LogP contribution >= 0.6 is 11.6 Å². The molecule has 1 saturated carbocycles. The molecule has 1 amide bonds. The van der Waals surface area contributed by atoms with Crippen molar-refractivity contribution < 1.29 is 13.2 Å². The molecule has 5 nitrogen and oxygen atoms in total. The Morgan fingerprint density at radius 3 is 2.27 bits per heavy atom. The average Bonchev–Trinajstić information content (AvgIpc) is 2.74. The topological polar surface area (TPSA) is 75.3 Å². The van der Waals surface area contributed by atoms with Crippen molar-refractivity contribution in [3.05, 3.63) is 29.3 Å². The van der Waals surface area contributed by atoms with E-state index < -0.39 is 10.0 Å². The lowest BCUT2D eigenvalue weighted by Crippen LogP contribution is -2.41. The Morgan fingerprint density at radius 1 is 1.09 bits per heavy atom. The van der Waals surface area contributed by atoms with Gasteiger partial charge in [0.25, 0.3) is 0 Å². The molecule has 1 aliphatic rings. The van der Waals surface area contributed by atoms with E-state index in [0.717, 1.165) is 25.7 Å². The van der Waals surface area contributed by atoms with Gasteiger partial charge in [-0.25, -0.2) is 13.1 Å². The van der Waals surface area contributed by atoms with Crippen LogP contribution in [0.5, 0.6) is 0 Å². The third-order valence-electron chi connectivity index (χ3n) is 3.77. The fraction of sp³-hybridized carbons (Fsp3) is 0.533. The van der Waals surface area contributed by atoms with Crippen LogP contribution in [0.1, 0.15) is 38.5 Å². The molecule has 0 bridgehead atoms. The highest BCUT2D eigenvalue weighted by atomic mass is 35.5. The lowest BCUT2D eigenvalue weighted by Gasteiger charge is -2.16. The van der Waals surface area contributed by atoms with Crippen molar-refractivity contribution in [3.63, 3.8) is 0 Å². The van der Waals surface area contributed by atoms with Gasteiger partial charge in [-0.3, -0.25) is 4.79 Å². The first-order valence-corrected chi connectivity index (χ1v) is 9.38. The largest absolute Gasteiger partial charge is 0.352 e. The van der Waals surface area contributed by atoms with Crippen LogP contribution in [0, 0.1) is 0 Å². The third kappa shape index (κ3) is 5.26. The molecule has 1 aliphatic carbocycles. The van der Waals surface area contributed by atoms with Crippen LogP contribution < -0.4 is 10.0 Å². The van der Waals surface area contributed by atoms with Crippen LogP contribution in [0.3, 0.4) is 0 Å². The van der Waals surface area contributed by atoms with Crippen LogP contribution in [-0.2, 0) is 14.8 Å². The summed E-state index contributed by atoms with van der Waals surface area (Å²) in [5, 5.41) is 3.37. The van der Waals surface area contributed by atoms with E-state index in [-0.39, 0.29) is 23.4 Å². The summed E-state index contributed by atoms with van der Waals surface area (Å²) >= 11 is 5.73. The second-order valence-electron chi connectivity index (χ2n) is 5.53. The molecule has 0 radical (unpaired) electrons. The standard InChI is InChI=1S/C15H21ClN2O3S/c16-12-7-9-14(10-8-12)22(20,21)17-11-15(19)18-13-5-3-1-2-4-6-13/h7-10,13,17H,1-6,11H2,(H,18,19). The van der Waals surface area contributed by atoms with Crippen LogP contribution in [0.4, 0.5) is 0 Å². The molecule has 1 aromatic rings. The summed E-state index contributed by atoms with van der Waals surface area (Å²) in [7, 11) is -3.69. The predicted molar refractivity (Wildman–Crippen MR) is 86.3 cm³/mol. The van der Waals surface area contributed by atoms with E-state index in [4.69, 9.17) is 11.6 Å². The van der Waals surface area contributed by atoms with Crippen LogP contribution in [0.2, 0.25) is 5.02 Å². The second-order valence-corrected chi connectivity index (χ2v) is 7.74. The van der Waals surface area contributed by atoms with Crippen molar-refractivity contribution in [1.82, 2.24) is 10.0 Å². The van der Waals surface area contributed by atoms with Gasteiger partial charge in [-0.05, 0) is 37.1 Å². The maximum atomic E-state index is 12.1. The number of benzene rings is 1. The number of carbonyl (C=O) groups excluding carboxylic acids is 1. The molecule has 0 heterocycles. The van der Waals surface area contributed by atoms with Crippen molar-refractivity contribution in [2.75, 3.05) is 6.54 Å². The summed E-state index contributed by atoms with van der Waals surface area (Å²) in [6, 6.07) is 5.99. The summed E-state index contributed by atoms with van der Waals surface area (Å²) in [6.07, 6.45) is 6.57. The monoisotopic (exact) mass is 344 g/mol. The van der Waals surface area contributed by atoms with Crippen molar-refractivity contribution >= 4 is 27.5 Å². The molecule has 1 fully saturated rings. The Hall–Kier alpha value is -1.11. The van der Waals surface area contributed by atoms with E-state index in [2.05, 4.69) is 10.0 Å². The lowest BCUT2D eigenvalue weighted by molar-refractivity contribution is -0.120. The molecule has 0 unspecified atom stereocenters. The maximum Gasteiger partial charge on any atom is 0.241 e. The second kappa shape index (κ2) is 7.94. The Kier molecular flexibility index (Phi) is 6.23. The van der Waals surface area contributed by atoms with Crippen molar-refractivity contribution in [1.29, 1.82) is 0 Å². The lowest BCUT2D eigenvalue weighted by atomic mass is 10.1. The summed E-state index contributed by atoms with van der Waals surface area (Å²) < 4.78 is 26.4. The maximum absolute atomic E-state index is 12.1. The molecule has 122 valence electrons. The van der Waals surface area contributed by atoms with Gasteiger partial charge >= 0.3 is 0 Å². The molecule has 7 heteroatoms. The van der Waals surface area contributed by atoms with Gasteiger partial charge in [0.05, 0.1) is 11.4 Å². The molecule has 0 aromatic heterocycles. The molecule has 2 N–H and O–H groups in total. The highest BCUT2D eigenvalue weighted by Gasteiger charge is 2.18. The Bertz CT molecular complexity index is 594. The van der Waals surface area contributed by atoms with Crippen molar-refractivity contribution in [3.8, 4) is 0 Å². The average molecular weight is 345 g/mol. The number of carbonyl (C=O) groups is 1. The van der Waals surface area contributed by atoms with Crippen molar-refractivity contribution in [2.45, 2.75) is 49.5 Å². The van der Waals surface area contributed by atoms with E-state index >= 15 is 0 Å². The normalized spacial score (nSPS) is 17.0. The number of hydrogen-bond donors (Lipinski definition) is 2. The summed E-state index contributed by atoms with van der Waals surface area (Å²) in [5.74, 6) is -0.288. The van der Waals surface area contributed by atoms with E-state index in [9.17, 15) is 13.2 Å². The number of halogens is 1. The first-order chi connectivity index (χ1) is 10.5. The fourth-order valence-corrected chi connectivity index (χ4v) is 3.67. The van der Waals surface area contributed by atoms with E-state index in [0.29, 0.717) is 5.02 Å². The predicted octanol–water partition coefficient (Wildman–Crippen LogP) is 2.46. The zero-order valence-corrected chi connectivity index (χ0v) is 13.9. The van der Waals surface area contributed by atoms with Gasteiger partial charge in [0, 0.05) is 11.1 Å². The molecule has 0 atom stereocenters. The van der Waals surface area contributed by atoms with Crippen molar-refractivity contribution in [2.24, 2.45) is 0 Å². The number of nitrogens with one attached hydrogen (secondary N) is 2. The molecular weight excluding hydrogens is 324 g/mol. The first-order valence-electron chi connectivity index (χ1n) is 7.52. The van der Waals surface area contributed by atoms with Gasteiger partial charge < -0.3 is 5.32 Å². The number of sulfonamides is 1. The van der Waals surface area contributed by atoms with Crippen LogP contribution in [-0.4, -0.2) is 26.9 Å². The minimum absolute atomic E-state index is 0.0965. The summed E-state index contributed by atoms with van der Waals surface area (Å²) in [4.78, 5) is 12.0. The molecule has 2 rings (SSSR count). The Balaban J connectivity index is 1.85. The van der Waals surface area contributed by atoms with E-state index in [1.165, 1.54) is 37.1 Å². The SMILES string of the molecule is O=C(CNS(=O)(=O)c1ccc(Cl)cc1)NC1CCCCCC1. The zero-order valence-electron chi connectivity index (χ0n) is 12.3. The first kappa shape index (κ1) is 17.2. The highest BCUT2D eigenvalue weighted by Crippen LogP contribution is 2.17. The summed E-state index contributed by atoms with van der Waals surface area (Å²) in [6.45, 7) is -0.249. The third-order valence-corrected chi connectivity index (χ3v) is 5.44. The van der Waals surface area contributed by atoms with Crippen LogP contribution in [0.25, 0.3) is 0 Å². The quantitative estimate of drug-likeness (QED) is 0.806. The minimum atomic E-state index is -3.69. The van der Waals surface area contributed by atoms with Gasteiger partial charge in [-0.1, -0.05) is 37.3 Å². The fourth-order valence-electron chi connectivity index (χ4n) is 2.56. The number of hydrogen-bond acceptors (Lipinski definition) is 3. The Morgan fingerprint density at radius 2 is 1.68 bits per heavy atom. The molecule has 0 spiro atoms. The molecular formula is C15H21ClN2O3S. The van der Waals surface area contributed by atoms with Gasteiger partial charge in [-0.15, -0.1) is 0 Å². The van der Waals surface area contributed by atoms with E-state index in [1.807, 2.05) is 0 Å². The number of amides is 1. The van der Waals surface area contributed by atoms with Gasteiger partial charge in [0.2, 0.25) is 15.9 Å². The van der Waals surface area contributed by atoms with Gasteiger partial charge in [0.1, 0.15) is 0 Å². The minimum Gasteiger partial charge on any atom is -0.352 e. The number of rotatable bonds is 5. The zero-order chi connectivity index (χ0) is 16.0. The molecule has 0 saturated heterocycles. The van der Waals surface area contributed by atoms with Gasteiger partial charge in [-0.2, -0.15) is 0 Å². The molecule has 1 aromatic carbocycles. The highest BCUT2D eigenvalue weighted by molar-refractivity contribution is 7.89. The molecule has 22 heavy (non-hydrogen) atoms. The van der Waals surface area contributed by atoms with Gasteiger partial charge in [0.15, 0.2) is 0 Å².